The van der Waals surface area contributed by atoms with E-state index in [9.17, 15) is 14.7 Å². The molecule has 0 bridgehead atoms. The van der Waals surface area contributed by atoms with Gasteiger partial charge in [-0.1, -0.05) is 18.2 Å². The number of carbonyl (C=O) groups excluding carboxylic acids is 1. The van der Waals surface area contributed by atoms with Gasteiger partial charge in [0.1, 0.15) is 0 Å². The molecule has 6 nitrogen and oxygen atoms in total. The Bertz CT molecular complexity index is 617. The number of carbonyl (C=O) groups is 2. The summed E-state index contributed by atoms with van der Waals surface area (Å²) in [7, 11) is 5.23. The van der Waals surface area contributed by atoms with E-state index in [1.165, 1.54) is 0 Å². The smallest absolute Gasteiger partial charge is 0.336 e. The number of amides is 1. The van der Waals surface area contributed by atoms with Crippen LogP contribution in [0.4, 0.5) is 0 Å². The molecule has 1 aromatic rings. The van der Waals surface area contributed by atoms with E-state index in [0.29, 0.717) is 31.5 Å². The van der Waals surface area contributed by atoms with Crippen LogP contribution in [0.3, 0.4) is 0 Å². The monoisotopic (exact) mass is 348 g/mol. The second kappa shape index (κ2) is 8.45. The quantitative estimate of drug-likeness (QED) is 0.818. The molecule has 0 aromatic heterocycles. The first kappa shape index (κ1) is 19.4. The molecule has 0 aliphatic carbocycles. The topological polar surface area (TPSA) is 70.1 Å². The lowest BCUT2D eigenvalue weighted by Crippen LogP contribution is -2.49. The zero-order chi connectivity index (χ0) is 18.4. The highest BCUT2D eigenvalue weighted by Crippen LogP contribution is 2.30. The average Bonchev–Trinajstić information content (AvgIpc) is 2.60. The molecule has 1 N–H and O–H groups in total. The Balaban J connectivity index is 2.06. The number of carboxylic acid groups (broad SMARTS) is 1. The summed E-state index contributed by atoms with van der Waals surface area (Å²) in [6.07, 6.45) is 3.03. The third kappa shape index (κ3) is 5.03. The molecule has 1 aliphatic heterocycles. The summed E-state index contributed by atoms with van der Waals surface area (Å²) in [4.78, 5) is 27.2. The zero-order valence-electron chi connectivity index (χ0n) is 15.3. The molecule has 0 unspecified atom stereocenters. The molecule has 138 valence electrons. The van der Waals surface area contributed by atoms with Gasteiger partial charge in [-0.3, -0.25) is 9.69 Å². The molecule has 1 atom stereocenters. The minimum Gasteiger partial charge on any atom is -0.478 e. The Morgan fingerprint density at radius 1 is 1.32 bits per heavy atom. The van der Waals surface area contributed by atoms with Crippen molar-refractivity contribution < 1.29 is 19.4 Å². The van der Waals surface area contributed by atoms with Gasteiger partial charge in [-0.15, -0.1) is 0 Å². The van der Waals surface area contributed by atoms with E-state index in [4.69, 9.17) is 4.74 Å². The summed E-state index contributed by atoms with van der Waals surface area (Å²) in [5.74, 6) is -0.799. The molecule has 1 aliphatic rings. The van der Waals surface area contributed by atoms with Crippen LogP contribution in [0.25, 0.3) is 0 Å². The lowest BCUT2D eigenvalue weighted by atomic mass is 9.87. The number of hydrogen-bond donors (Lipinski definition) is 1. The average molecular weight is 348 g/mol. The number of methoxy groups -OCH3 is 1. The summed E-state index contributed by atoms with van der Waals surface area (Å²) >= 11 is 0. The standard InChI is InChI=1S/C19H28N2O4/c1-20(2)17(22)9-11-19(25-3)10-6-12-21(14-19)13-15-7-4-5-8-16(15)18(23)24/h4-5,7-8H,6,9-14H2,1-3H3,(H,23,24)/t19-/m1/s1. The van der Waals surface area contributed by atoms with Crippen LogP contribution in [0.5, 0.6) is 0 Å². The van der Waals surface area contributed by atoms with Gasteiger partial charge >= 0.3 is 5.97 Å². The summed E-state index contributed by atoms with van der Waals surface area (Å²) in [5.41, 5.74) is 0.812. The van der Waals surface area contributed by atoms with Crippen molar-refractivity contribution in [3.8, 4) is 0 Å². The minimum atomic E-state index is -0.901. The second-order valence-electron chi connectivity index (χ2n) is 6.95. The number of piperidine rings is 1. The van der Waals surface area contributed by atoms with Crippen molar-refractivity contribution in [3.63, 3.8) is 0 Å². The fourth-order valence-electron chi connectivity index (χ4n) is 3.46. The van der Waals surface area contributed by atoms with Crippen LogP contribution in [0.1, 0.15) is 41.6 Å². The summed E-state index contributed by atoms with van der Waals surface area (Å²) in [5, 5.41) is 9.36. The van der Waals surface area contributed by atoms with E-state index in [2.05, 4.69) is 4.90 Å². The summed E-state index contributed by atoms with van der Waals surface area (Å²) in [6, 6.07) is 7.11. The number of nitrogens with zero attached hydrogens (tertiary/aromatic N) is 2. The van der Waals surface area contributed by atoms with Gasteiger partial charge in [0.05, 0.1) is 11.2 Å². The number of likely N-dealkylation sites (tertiary alicyclic amines) is 1. The van der Waals surface area contributed by atoms with E-state index >= 15 is 0 Å². The van der Waals surface area contributed by atoms with Gasteiger partial charge in [-0.2, -0.15) is 0 Å². The van der Waals surface area contributed by atoms with Crippen molar-refractivity contribution in [3.05, 3.63) is 35.4 Å². The van der Waals surface area contributed by atoms with Crippen molar-refractivity contribution in [1.82, 2.24) is 9.80 Å². The zero-order valence-corrected chi connectivity index (χ0v) is 15.3. The minimum absolute atomic E-state index is 0.102. The Morgan fingerprint density at radius 2 is 2.04 bits per heavy atom. The highest BCUT2D eigenvalue weighted by molar-refractivity contribution is 5.89. The van der Waals surface area contributed by atoms with E-state index in [-0.39, 0.29) is 11.5 Å². The van der Waals surface area contributed by atoms with Gasteiger partial charge < -0.3 is 14.7 Å². The number of hydrogen-bond acceptors (Lipinski definition) is 4. The van der Waals surface area contributed by atoms with E-state index in [1.807, 2.05) is 12.1 Å². The van der Waals surface area contributed by atoms with Crippen molar-refractivity contribution in [2.75, 3.05) is 34.3 Å². The maximum absolute atomic E-state index is 11.9. The van der Waals surface area contributed by atoms with Crippen molar-refractivity contribution in [1.29, 1.82) is 0 Å². The summed E-state index contributed by atoms with van der Waals surface area (Å²) in [6.45, 7) is 2.19. The fourth-order valence-corrected chi connectivity index (χ4v) is 3.46. The van der Waals surface area contributed by atoms with E-state index in [0.717, 1.165) is 24.9 Å². The molecular weight excluding hydrogens is 320 g/mol. The third-order valence-electron chi connectivity index (χ3n) is 4.99. The van der Waals surface area contributed by atoms with Crippen LogP contribution in [0.2, 0.25) is 0 Å². The second-order valence-corrected chi connectivity index (χ2v) is 6.95. The molecule has 0 saturated carbocycles. The lowest BCUT2D eigenvalue weighted by Gasteiger charge is -2.42. The molecular formula is C19H28N2O4. The molecule has 1 saturated heterocycles. The highest BCUT2D eigenvalue weighted by Gasteiger charge is 2.36. The molecule has 0 radical (unpaired) electrons. The Hall–Kier alpha value is -1.92. The van der Waals surface area contributed by atoms with Gasteiger partial charge in [-0.25, -0.2) is 4.79 Å². The van der Waals surface area contributed by atoms with Crippen molar-refractivity contribution >= 4 is 11.9 Å². The van der Waals surface area contributed by atoms with E-state index < -0.39 is 5.97 Å². The number of aromatic carboxylic acids is 1. The first-order valence-corrected chi connectivity index (χ1v) is 8.66. The molecule has 1 amide bonds. The van der Waals surface area contributed by atoms with Gasteiger partial charge in [0, 0.05) is 40.7 Å². The van der Waals surface area contributed by atoms with Gasteiger partial charge in [0.25, 0.3) is 0 Å². The van der Waals surface area contributed by atoms with Gasteiger partial charge in [-0.05, 0) is 37.4 Å². The van der Waals surface area contributed by atoms with E-state index in [1.54, 1.807) is 38.2 Å². The molecule has 0 spiro atoms. The van der Waals surface area contributed by atoms with Crippen LogP contribution >= 0.6 is 0 Å². The third-order valence-corrected chi connectivity index (χ3v) is 4.99. The van der Waals surface area contributed by atoms with Crippen molar-refractivity contribution in [2.24, 2.45) is 0 Å². The van der Waals surface area contributed by atoms with Crippen LogP contribution in [0.15, 0.2) is 24.3 Å². The lowest BCUT2D eigenvalue weighted by molar-refractivity contribution is -0.132. The molecule has 1 fully saturated rings. The maximum Gasteiger partial charge on any atom is 0.336 e. The normalized spacial score (nSPS) is 21.1. The number of rotatable bonds is 7. The Kier molecular flexibility index (Phi) is 6.56. The van der Waals surface area contributed by atoms with Crippen LogP contribution in [-0.2, 0) is 16.1 Å². The number of ether oxygens (including phenoxy) is 1. The Labute approximate surface area is 149 Å². The molecule has 1 heterocycles. The van der Waals surface area contributed by atoms with Crippen LogP contribution < -0.4 is 0 Å². The SMILES string of the molecule is CO[C@@]1(CCC(=O)N(C)C)CCCN(Cc2ccccc2C(=O)O)C1. The summed E-state index contributed by atoms with van der Waals surface area (Å²) < 4.78 is 5.83. The van der Waals surface area contributed by atoms with Crippen LogP contribution in [-0.4, -0.2) is 66.7 Å². The molecule has 2 rings (SSSR count). The first-order chi connectivity index (χ1) is 11.9. The Morgan fingerprint density at radius 3 is 2.68 bits per heavy atom. The molecule has 25 heavy (non-hydrogen) atoms. The first-order valence-electron chi connectivity index (χ1n) is 8.66. The predicted molar refractivity (Wildman–Crippen MR) is 95.6 cm³/mol. The highest BCUT2D eigenvalue weighted by atomic mass is 16.5. The van der Waals surface area contributed by atoms with Gasteiger partial charge in [0.2, 0.25) is 5.91 Å². The maximum atomic E-state index is 11.9. The van der Waals surface area contributed by atoms with Gasteiger partial charge in [0.15, 0.2) is 0 Å². The van der Waals surface area contributed by atoms with Crippen LogP contribution in [0, 0.1) is 0 Å². The number of carboxylic acids is 1. The molecule has 1 aromatic carbocycles. The largest absolute Gasteiger partial charge is 0.478 e. The predicted octanol–water partition coefficient (Wildman–Crippen LogP) is 2.23. The number of benzene rings is 1. The van der Waals surface area contributed by atoms with Crippen molar-refractivity contribution in [2.45, 2.75) is 37.8 Å². The fraction of sp³-hybridized carbons (Fsp3) is 0.579. The molecule has 6 heteroatoms.